The van der Waals surface area contributed by atoms with Crippen molar-refractivity contribution in [1.29, 1.82) is 0 Å². The molecule has 0 N–H and O–H groups in total. The lowest BCUT2D eigenvalue weighted by Gasteiger charge is -2.36. The molecule has 0 radical (unpaired) electrons. The van der Waals surface area contributed by atoms with Gasteiger partial charge in [0.2, 0.25) is 0 Å². The standard InChI is InChI=1S/C30H37N5O2/c1-20(2)19-34-13-15-35(16-14-34)24-10-7-22(8-11-24)25-18-26-29(21(3)31-25)32-30(33(26)4)23-9-12-27(36-5)28(17-23)37-6/h7-12,17-18,20H,13-16,19H2,1-6H3. The monoisotopic (exact) mass is 499 g/mol. The highest BCUT2D eigenvalue weighted by molar-refractivity contribution is 5.86. The van der Waals surface area contributed by atoms with Gasteiger partial charge in [-0.2, -0.15) is 0 Å². The highest BCUT2D eigenvalue weighted by atomic mass is 16.5. The zero-order valence-corrected chi connectivity index (χ0v) is 22.8. The Balaban J connectivity index is 1.40. The number of methoxy groups -OCH3 is 2. The van der Waals surface area contributed by atoms with Gasteiger partial charge in [0.25, 0.3) is 0 Å². The van der Waals surface area contributed by atoms with Crippen LogP contribution in [0.25, 0.3) is 33.7 Å². The van der Waals surface area contributed by atoms with Gasteiger partial charge < -0.3 is 18.9 Å². The molecule has 5 rings (SSSR count). The summed E-state index contributed by atoms with van der Waals surface area (Å²) in [4.78, 5) is 14.9. The van der Waals surface area contributed by atoms with Crippen LogP contribution < -0.4 is 14.4 Å². The number of nitrogens with zero attached hydrogens (tertiary/aromatic N) is 5. The number of aryl methyl sites for hydroxylation is 2. The maximum absolute atomic E-state index is 5.51. The van der Waals surface area contributed by atoms with Crippen molar-refractivity contribution in [3.05, 3.63) is 54.2 Å². The van der Waals surface area contributed by atoms with Gasteiger partial charge in [0.05, 0.1) is 31.1 Å². The van der Waals surface area contributed by atoms with Crippen molar-refractivity contribution in [2.45, 2.75) is 20.8 Å². The molecule has 0 atom stereocenters. The topological polar surface area (TPSA) is 55.7 Å². The van der Waals surface area contributed by atoms with Crippen LogP contribution in [0, 0.1) is 12.8 Å². The predicted molar refractivity (Wildman–Crippen MR) is 151 cm³/mol. The molecule has 3 heterocycles. The van der Waals surface area contributed by atoms with E-state index in [0.29, 0.717) is 17.4 Å². The van der Waals surface area contributed by atoms with Crippen LogP contribution in [0.15, 0.2) is 48.5 Å². The number of rotatable bonds is 7. The van der Waals surface area contributed by atoms with E-state index < -0.39 is 0 Å². The molecule has 7 heteroatoms. The van der Waals surface area contributed by atoms with Crippen molar-refractivity contribution in [3.8, 4) is 34.1 Å². The molecule has 0 unspecified atom stereocenters. The quantitative estimate of drug-likeness (QED) is 0.339. The van der Waals surface area contributed by atoms with E-state index in [0.717, 1.165) is 65.6 Å². The number of aromatic nitrogens is 3. The number of imidazole rings is 1. The average Bonchev–Trinajstić information content (AvgIpc) is 3.25. The zero-order valence-electron chi connectivity index (χ0n) is 22.8. The second-order valence-corrected chi connectivity index (χ2v) is 10.3. The highest BCUT2D eigenvalue weighted by Crippen LogP contribution is 2.34. The molecule has 2 aromatic heterocycles. The molecular weight excluding hydrogens is 462 g/mol. The molecule has 2 aromatic carbocycles. The van der Waals surface area contributed by atoms with Crippen LogP contribution in [0.3, 0.4) is 0 Å². The van der Waals surface area contributed by atoms with E-state index in [1.54, 1.807) is 14.2 Å². The van der Waals surface area contributed by atoms with Crippen molar-refractivity contribution in [2.24, 2.45) is 13.0 Å². The first-order valence-corrected chi connectivity index (χ1v) is 13.0. The third-order valence-corrected chi connectivity index (χ3v) is 7.21. The lowest BCUT2D eigenvalue weighted by Crippen LogP contribution is -2.47. The fourth-order valence-corrected chi connectivity index (χ4v) is 5.27. The van der Waals surface area contributed by atoms with Crippen molar-refractivity contribution < 1.29 is 9.47 Å². The normalized spacial score (nSPS) is 14.5. The summed E-state index contributed by atoms with van der Waals surface area (Å²) in [6, 6.07) is 16.9. The van der Waals surface area contributed by atoms with Gasteiger partial charge in [-0.05, 0) is 49.2 Å². The summed E-state index contributed by atoms with van der Waals surface area (Å²) in [5.74, 6) is 2.97. The third-order valence-electron chi connectivity index (χ3n) is 7.21. The molecule has 4 aromatic rings. The lowest BCUT2D eigenvalue weighted by molar-refractivity contribution is 0.231. The Morgan fingerprint density at radius 1 is 0.838 bits per heavy atom. The van der Waals surface area contributed by atoms with E-state index in [1.807, 2.05) is 32.2 Å². The number of anilines is 1. The van der Waals surface area contributed by atoms with Gasteiger partial charge in [-0.25, -0.2) is 4.98 Å². The number of hydrogen-bond donors (Lipinski definition) is 0. The first-order chi connectivity index (χ1) is 17.9. The summed E-state index contributed by atoms with van der Waals surface area (Å²) in [5.41, 5.74) is 7.20. The zero-order chi connectivity index (χ0) is 26.1. The van der Waals surface area contributed by atoms with Crippen LogP contribution >= 0.6 is 0 Å². The molecule has 1 fully saturated rings. The second-order valence-electron chi connectivity index (χ2n) is 10.3. The van der Waals surface area contributed by atoms with E-state index in [1.165, 1.54) is 12.2 Å². The SMILES string of the molecule is COc1ccc(-c2nc3c(C)nc(-c4ccc(N5CCN(CC(C)C)CC5)cc4)cc3n2C)cc1OC. The van der Waals surface area contributed by atoms with Crippen LogP contribution in [0.1, 0.15) is 19.5 Å². The highest BCUT2D eigenvalue weighted by Gasteiger charge is 2.19. The minimum Gasteiger partial charge on any atom is -0.493 e. The number of piperazine rings is 1. The van der Waals surface area contributed by atoms with Crippen molar-refractivity contribution in [2.75, 3.05) is 51.8 Å². The van der Waals surface area contributed by atoms with Gasteiger partial charge in [0.1, 0.15) is 11.3 Å². The third kappa shape index (κ3) is 5.01. The van der Waals surface area contributed by atoms with E-state index in [4.69, 9.17) is 19.4 Å². The van der Waals surface area contributed by atoms with E-state index in [9.17, 15) is 0 Å². The Kier molecular flexibility index (Phi) is 7.07. The summed E-state index contributed by atoms with van der Waals surface area (Å²) in [7, 11) is 5.34. The van der Waals surface area contributed by atoms with Gasteiger partial charge in [-0.15, -0.1) is 0 Å². The summed E-state index contributed by atoms with van der Waals surface area (Å²) in [5, 5.41) is 0. The molecular formula is C30H37N5O2. The Bertz CT molecular complexity index is 1390. The van der Waals surface area contributed by atoms with Crippen molar-refractivity contribution >= 4 is 16.7 Å². The molecule has 0 amide bonds. The van der Waals surface area contributed by atoms with Gasteiger partial charge in [-0.1, -0.05) is 26.0 Å². The molecule has 0 aliphatic carbocycles. The summed E-state index contributed by atoms with van der Waals surface area (Å²) in [6.07, 6.45) is 0. The van der Waals surface area contributed by atoms with E-state index in [-0.39, 0.29) is 0 Å². The minimum absolute atomic E-state index is 0.684. The Morgan fingerprint density at radius 2 is 1.51 bits per heavy atom. The lowest BCUT2D eigenvalue weighted by atomic mass is 10.1. The maximum atomic E-state index is 5.51. The molecule has 37 heavy (non-hydrogen) atoms. The summed E-state index contributed by atoms with van der Waals surface area (Å²) < 4.78 is 13.0. The minimum atomic E-state index is 0.684. The fraction of sp³-hybridized carbons (Fsp3) is 0.400. The number of hydrogen-bond acceptors (Lipinski definition) is 6. The number of fused-ring (bicyclic) bond motifs is 1. The Morgan fingerprint density at radius 3 is 2.16 bits per heavy atom. The predicted octanol–water partition coefficient (Wildman–Crippen LogP) is 5.41. The smallest absolute Gasteiger partial charge is 0.161 e. The van der Waals surface area contributed by atoms with E-state index in [2.05, 4.69) is 58.5 Å². The van der Waals surface area contributed by atoms with Gasteiger partial charge in [-0.3, -0.25) is 9.88 Å². The largest absolute Gasteiger partial charge is 0.493 e. The van der Waals surface area contributed by atoms with Gasteiger partial charge in [0, 0.05) is 56.6 Å². The van der Waals surface area contributed by atoms with E-state index >= 15 is 0 Å². The van der Waals surface area contributed by atoms with Crippen LogP contribution in [-0.4, -0.2) is 66.4 Å². The van der Waals surface area contributed by atoms with Crippen molar-refractivity contribution in [3.63, 3.8) is 0 Å². The fourth-order valence-electron chi connectivity index (χ4n) is 5.27. The first kappa shape index (κ1) is 25.1. The molecule has 1 aliphatic rings. The summed E-state index contributed by atoms with van der Waals surface area (Å²) in [6.45, 7) is 12.2. The average molecular weight is 500 g/mol. The van der Waals surface area contributed by atoms with Crippen LogP contribution in [-0.2, 0) is 7.05 Å². The van der Waals surface area contributed by atoms with Crippen LogP contribution in [0.4, 0.5) is 5.69 Å². The molecule has 1 aliphatic heterocycles. The molecule has 0 bridgehead atoms. The number of ether oxygens (including phenoxy) is 2. The molecule has 1 saturated heterocycles. The Labute approximate surface area is 219 Å². The maximum Gasteiger partial charge on any atom is 0.161 e. The van der Waals surface area contributed by atoms with Crippen LogP contribution in [0.2, 0.25) is 0 Å². The van der Waals surface area contributed by atoms with Gasteiger partial charge in [0.15, 0.2) is 11.5 Å². The van der Waals surface area contributed by atoms with Crippen molar-refractivity contribution in [1.82, 2.24) is 19.4 Å². The first-order valence-electron chi connectivity index (χ1n) is 13.0. The molecule has 7 nitrogen and oxygen atoms in total. The number of benzene rings is 2. The second kappa shape index (κ2) is 10.4. The molecule has 0 saturated carbocycles. The van der Waals surface area contributed by atoms with Gasteiger partial charge >= 0.3 is 0 Å². The molecule has 0 spiro atoms. The Hall–Kier alpha value is -3.58. The number of pyridine rings is 1. The molecule has 194 valence electrons. The van der Waals surface area contributed by atoms with Crippen LogP contribution in [0.5, 0.6) is 11.5 Å². The summed E-state index contributed by atoms with van der Waals surface area (Å²) >= 11 is 0.